The van der Waals surface area contributed by atoms with Gasteiger partial charge in [-0.25, -0.2) is 0 Å². The Labute approximate surface area is 126 Å². The number of hydrogen-bond donors (Lipinski definition) is 2. The smallest absolute Gasteiger partial charge is 0.270 e. The van der Waals surface area contributed by atoms with E-state index in [0.29, 0.717) is 6.54 Å². The van der Waals surface area contributed by atoms with Gasteiger partial charge in [0.1, 0.15) is 0 Å². The number of nitrogens with zero attached hydrogens (tertiary/aromatic N) is 1. The molecule has 8 heteroatoms. The van der Waals surface area contributed by atoms with Crippen LogP contribution < -0.4 is 10.6 Å². The van der Waals surface area contributed by atoms with Gasteiger partial charge in [-0.05, 0) is 12.5 Å². The lowest BCUT2D eigenvalue weighted by Crippen LogP contribution is -2.31. The maximum atomic E-state index is 11.9. The Morgan fingerprint density at radius 1 is 1.29 bits per heavy atom. The third kappa shape index (κ3) is 5.39. The van der Waals surface area contributed by atoms with Crippen LogP contribution in [0.5, 0.6) is 0 Å². The summed E-state index contributed by atoms with van der Waals surface area (Å²) in [5.41, 5.74) is -0.204. The van der Waals surface area contributed by atoms with Crippen LogP contribution >= 0.6 is 11.6 Å². The van der Waals surface area contributed by atoms with Gasteiger partial charge in [0, 0.05) is 31.6 Å². The van der Waals surface area contributed by atoms with E-state index < -0.39 is 10.8 Å². The normalized spacial score (nSPS) is 10.0. The Bertz CT molecular complexity index is 548. The van der Waals surface area contributed by atoms with E-state index in [0.717, 1.165) is 12.5 Å². The summed E-state index contributed by atoms with van der Waals surface area (Å²) in [4.78, 5) is 33.3. The van der Waals surface area contributed by atoms with Crippen molar-refractivity contribution in [2.24, 2.45) is 0 Å². The van der Waals surface area contributed by atoms with Gasteiger partial charge in [-0.3, -0.25) is 19.7 Å². The number of benzene rings is 1. The SMILES string of the molecule is CCCNC(=O)CCNC(=O)c1cc([N+](=O)[O-])ccc1Cl. The quantitative estimate of drug-likeness (QED) is 0.593. The van der Waals surface area contributed by atoms with Gasteiger partial charge >= 0.3 is 0 Å². The van der Waals surface area contributed by atoms with Crippen molar-refractivity contribution in [1.82, 2.24) is 10.6 Å². The fourth-order valence-electron chi connectivity index (χ4n) is 1.54. The molecular formula is C13H16ClN3O4. The second-order valence-corrected chi connectivity index (χ2v) is 4.68. The first kappa shape index (κ1) is 16.9. The fourth-order valence-corrected chi connectivity index (χ4v) is 1.74. The summed E-state index contributed by atoms with van der Waals surface area (Å²) in [6, 6.07) is 3.62. The molecule has 0 bridgehead atoms. The average Bonchev–Trinajstić information content (AvgIpc) is 2.45. The van der Waals surface area contributed by atoms with Gasteiger partial charge in [-0.2, -0.15) is 0 Å². The molecule has 7 nitrogen and oxygen atoms in total. The number of carbonyl (C=O) groups excluding carboxylic acids is 2. The minimum absolute atomic E-state index is 0.0137. The average molecular weight is 314 g/mol. The summed E-state index contributed by atoms with van der Waals surface area (Å²) in [5.74, 6) is -0.714. The van der Waals surface area contributed by atoms with Crippen LogP contribution in [0.4, 0.5) is 5.69 Å². The van der Waals surface area contributed by atoms with Gasteiger partial charge in [0.05, 0.1) is 15.5 Å². The van der Waals surface area contributed by atoms with Crippen molar-refractivity contribution >= 4 is 29.1 Å². The van der Waals surface area contributed by atoms with E-state index in [1.165, 1.54) is 12.1 Å². The fraction of sp³-hybridized carbons (Fsp3) is 0.385. The molecule has 0 aliphatic carbocycles. The van der Waals surface area contributed by atoms with E-state index in [-0.39, 0.29) is 35.1 Å². The number of non-ortho nitro benzene ring substituents is 1. The van der Waals surface area contributed by atoms with Crippen molar-refractivity contribution in [3.05, 3.63) is 38.9 Å². The first-order valence-corrected chi connectivity index (χ1v) is 6.82. The van der Waals surface area contributed by atoms with Gasteiger partial charge < -0.3 is 10.6 Å². The van der Waals surface area contributed by atoms with E-state index >= 15 is 0 Å². The second-order valence-electron chi connectivity index (χ2n) is 4.28. The zero-order valence-corrected chi connectivity index (χ0v) is 12.3. The molecule has 0 saturated carbocycles. The Morgan fingerprint density at radius 2 is 2.00 bits per heavy atom. The Morgan fingerprint density at radius 3 is 2.62 bits per heavy atom. The molecule has 0 unspecified atom stereocenters. The highest BCUT2D eigenvalue weighted by molar-refractivity contribution is 6.33. The molecule has 114 valence electrons. The predicted molar refractivity (Wildman–Crippen MR) is 78.4 cm³/mol. The topological polar surface area (TPSA) is 101 Å². The number of nitrogens with one attached hydrogen (secondary N) is 2. The number of amides is 2. The van der Waals surface area contributed by atoms with Gasteiger partial charge in [0.2, 0.25) is 5.91 Å². The number of nitro benzene ring substituents is 1. The Hall–Kier alpha value is -2.15. The largest absolute Gasteiger partial charge is 0.356 e. The minimum Gasteiger partial charge on any atom is -0.356 e. The highest BCUT2D eigenvalue weighted by Gasteiger charge is 2.15. The second kappa shape index (κ2) is 8.21. The molecule has 1 aromatic carbocycles. The predicted octanol–water partition coefficient (Wildman–Crippen LogP) is 1.89. The lowest BCUT2D eigenvalue weighted by Gasteiger charge is -2.07. The molecule has 1 aromatic rings. The molecule has 21 heavy (non-hydrogen) atoms. The molecule has 1 rings (SSSR count). The zero-order valence-electron chi connectivity index (χ0n) is 11.5. The summed E-state index contributed by atoms with van der Waals surface area (Å²) in [6.45, 7) is 2.66. The summed E-state index contributed by atoms with van der Waals surface area (Å²) >= 11 is 5.84. The Kier molecular flexibility index (Phi) is 6.61. The molecule has 0 spiro atoms. The van der Waals surface area contributed by atoms with Crippen molar-refractivity contribution in [3.63, 3.8) is 0 Å². The zero-order chi connectivity index (χ0) is 15.8. The third-order valence-corrected chi connectivity index (χ3v) is 2.94. The molecule has 2 N–H and O–H groups in total. The number of carbonyl (C=O) groups is 2. The molecule has 0 aliphatic heterocycles. The lowest BCUT2D eigenvalue weighted by atomic mass is 10.2. The first-order chi connectivity index (χ1) is 9.95. The van der Waals surface area contributed by atoms with Gasteiger partial charge in [-0.15, -0.1) is 0 Å². The monoisotopic (exact) mass is 313 g/mol. The van der Waals surface area contributed by atoms with Crippen LogP contribution in [0.3, 0.4) is 0 Å². The van der Waals surface area contributed by atoms with Crippen LogP contribution in [-0.2, 0) is 4.79 Å². The summed E-state index contributed by atoms with van der Waals surface area (Å²) in [7, 11) is 0. The first-order valence-electron chi connectivity index (χ1n) is 6.44. The summed E-state index contributed by atoms with van der Waals surface area (Å²) in [6.07, 6.45) is 0.972. The van der Waals surface area contributed by atoms with Gasteiger partial charge in [0.15, 0.2) is 0 Å². The van der Waals surface area contributed by atoms with Gasteiger partial charge in [-0.1, -0.05) is 18.5 Å². The van der Waals surface area contributed by atoms with Crippen LogP contribution in [0.2, 0.25) is 5.02 Å². The third-order valence-electron chi connectivity index (χ3n) is 2.62. The number of halogens is 1. The maximum absolute atomic E-state index is 11.9. The van der Waals surface area contributed by atoms with Crippen LogP contribution in [0.25, 0.3) is 0 Å². The van der Waals surface area contributed by atoms with Crippen molar-refractivity contribution in [1.29, 1.82) is 0 Å². The number of rotatable bonds is 7. The van der Waals surface area contributed by atoms with Crippen LogP contribution in [0.15, 0.2) is 18.2 Å². The molecule has 0 atom stereocenters. The van der Waals surface area contributed by atoms with E-state index in [9.17, 15) is 19.7 Å². The van der Waals surface area contributed by atoms with Crippen molar-refractivity contribution in [2.45, 2.75) is 19.8 Å². The number of hydrogen-bond acceptors (Lipinski definition) is 4. The van der Waals surface area contributed by atoms with E-state index in [1.54, 1.807) is 0 Å². The van der Waals surface area contributed by atoms with E-state index in [2.05, 4.69) is 10.6 Å². The van der Waals surface area contributed by atoms with E-state index in [1.807, 2.05) is 6.92 Å². The Balaban J connectivity index is 2.58. The molecule has 0 radical (unpaired) electrons. The molecule has 0 aliphatic rings. The van der Waals surface area contributed by atoms with Crippen molar-refractivity contribution in [3.8, 4) is 0 Å². The molecule has 2 amide bonds. The van der Waals surface area contributed by atoms with Crippen LogP contribution in [-0.4, -0.2) is 29.8 Å². The number of nitro groups is 1. The summed E-state index contributed by atoms with van der Waals surface area (Å²) < 4.78 is 0. The maximum Gasteiger partial charge on any atom is 0.270 e. The highest BCUT2D eigenvalue weighted by Crippen LogP contribution is 2.21. The van der Waals surface area contributed by atoms with Crippen molar-refractivity contribution in [2.75, 3.05) is 13.1 Å². The van der Waals surface area contributed by atoms with Gasteiger partial charge in [0.25, 0.3) is 11.6 Å². The standard InChI is InChI=1S/C13H16ClN3O4/c1-2-6-15-12(18)5-7-16-13(19)10-8-9(17(20)21)3-4-11(10)14/h3-4,8H,2,5-7H2,1H3,(H,15,18)(H,16,19). The minimum atomic E-state index is -0.606. The molecule has 0 heterocycles. The van der Waals surface area contributed by atoms with E-state index in [4.69, 9.17) is 11.6 Å². The van der Waals surface area contributed by atoms with Crippen molar-refractivity contribution < 1.29 is 14.5 Å². The highest BCUT2D eigenvalue weighted by atomic mass is 35.5. The molecule has 0 saturated heterocycles. The lowest BCUT2D eigenvalue weighted by molar-refractivity contribution is -0.384. The van der Waals surface area contributed by atoms with Crippen LogP contribution in [0.1, 0.15) is 30.1 Å². The molecule has 0 fully saturated rings. The summed E-state index contributed by atoms with van der Waals surface area (Å²) in [5, 5.41) is 16.0. The molecule has 0 aromatic heterocycles. The van der Waals surface area contributed by atoms with Crippen LogP contribution in [0, 0.1) is 10.1 Å². The molecular weight excluding hydrogens is 298 g/mol.